The van der Waals surface area contributed by atoms with Crippen molar-refractivity contribution in [1.82, 2.24) is 15.0 Å². The Kier molecular flexibility index (Phi) is 4.88. The first-order chi connectivity index (χ1) is 35.2. The molecule has 8 aromatic carbocycles. The highest BCUT2D eigenvalue weighted by Crippen LogP contribution is 2.39. The molecule has 10 aromatic rings. The van der Waals surface area contributed by atoms with Crippen LogP contribution >= 0.6 is 0 Å². The van der Waals surface area contributed by atoms with Gasteiger partial charge in [-0.2, -0.15) is 0 Å². The van der Waals surface area contributed by atoms with Gasteiger partial charge in [-0.15, -0.1) is 0 Å². The highest BCUT2D eigenvalue weighted by Gasteiger charge is 2.18. The van der Waals surface area contributed by atoms with Crippen molar-refractivity contribution in [1.29, 1.82) is 0 Å². The van der Waals surface area contributed by atoms with E-state index in [4.69, 9.17) is 33.1 Å². The minimum atomic E-state index is -1.04. The fourth-order valence-corrected chi connectivity index (χ4v) is 6.27. The second kappa shape index (κ2) is 14.3. The van der Waals surface area contributed by atoms with Crippen LogP contribution in [-0.4, -0.2) is 15.0 Å². The van der Waals surface area contributed by atoms with Gasteiger partial charge in [-0.1, -0.05) is 151 Å². The molecule has 0 saturated carbocycles. The van der Waals surface area contributed by atoms with Crippen LogP contribution < -0.4 is 4.90 Å². The van der Waals surface area contributed by atoms with Crippen LogP contribution in [0.15, 0.2) is 210 Å². The molecule has 10 rings (SSSR count). The third kappa shape index (κ3) is 6.27. The third-order valence-electron chi connectivity index (χ3n) is 8.86. The largest absolute Gasteiger partial charge is 0.456 e. The molecule has 2 heterocycles. The summed E-state index contributed by atoms with van der Waals surface area (Å²) in [6, 6.07) is 13.1. The quantitative estimate of drug-likeness (QED) is 0.155. The molecule has 0 atom stereocenters. The Morgan fingerprint density at radius 2 is 0.893 bits per heavy atom. The summed E-state index contributed by atoms with van der Waals surface area (Å²) in [4.78, 5) is 15.1. The van der Waals surface area contributed by atoms with Crippen molar-refractivity contribution in [2.75, 3.05) is 4.90 Å². The second-order valence-electron chi connectivity index (χ2n) is 12.3. The summed E-state index contributed by atoms with van der Waals surface area (Å²) in [5, 5.41) is 1.26. The molecule has 0 aliphatic rings. The van der Waals surface area contributed by atoms with Crippen LogP contribution in [0.5, 0.6) is 0 Å². The van der Waals surface area contributed by atoms with E-state index in [1.807, 2.05) is 66.7 Å². The number of aromatic nitrogens is 3. The molecule has 56 heavy (non-hydrogen) atoms. The van der Waals surface area contributed by atoms with Gasteiger partial charge in [0.1, 0.15) is 11.2 Å². The molecule has 0 aliphatic heterocycles. The smallest absolute Gasteiger partial charge is 0.164 e. The van der Waals surface area contributed by atoms with E-state index in [1.165, 1.54) is 0 Å². The minimum Gasteiger partial charge on any atom is -0.456 e. The van der Waals surface area contributed by atoms with Gasteiger partial charge < -0.3 is 9.32 Å². The summed E-state index contributed by atoms with van der Waals surface area (Å²) < 4.78 is 165. The van der Waals surface area contributed by atoms with Crippen molar-refractivity contribution in [3.05, 3.63) is 206 Å². The maximum atomic E-state index is 9.27. The van der Waals surface area contributed by atoms with Gasteiger partial charge >= 0.3 is 0 Å². The van der Waals surface area contributed by atoms with Crippen molar-refractivity contribution in [3.8, 4) is 56.4 Å². The number of benzene rings is 8. The molecule has 0 fully saturated rings. The molecule has 0 amide bonds. The zero-order chi connectivity index (χ0) is 52.9. The first-order valence-corrected chi connectivity index (χ1v) is 17.2. The zero-order valence-corrected chi connectivity index (χ0v) is 28.9. The summed E-state index contributed by atoms with van der Waals surface area (Å²) in [7, 11) is 0. The topological polar surface area (TPSA) is 55.1 Å². The van der Waals surface area contributed by atoms with Crippen LogP contribution in [0.3, 0.4) is 0 Å². The van der Waals surface area contributed by atoms with Crippen LogP contribution in [-0.2, 0) is 0 Å². The van der Waals surface area contributed by atoms with Crippen molar-refractivity contribution in [3.63, 3.8) is 0 Å². The van der Waals surface area contributed by atoms with Gasteiger partial charge in [0.05, 0.1) is 24.7 Å². The molecule has 0 unspecified atom stereocenters. The van der Waals surface area contributed by atoms with Gasteiger partial charge in [0.15, 0.2) is 17.5 Å². The Labute approximate surface area is 350 Å². The number of furan rings is 1. The number of para-hydroxylation sites is 2. The molecule has 0 bridgehead atoms. The Morgan fingerprint density at radius 1 is 0.393 bits per heavy atom. The number of nitrogens with zero attached hydrogens (tertiary/aromatic N) is 4. The van der Waals surface area contributed by atoms with E-state index in [1.54, 1.807) is 30.3 Å². The van der Waals surface area contributed by atoms with Gasteiger partial charge in [0.2, 0.25) is 0 Å². The predicted octanol–water partition coefficient (Wildman–Crippen LogP) is 13.6. The summed E-state index contributed by atoms with van der Waals surface area (Å²) in [6.45, 7) is 0. The molecule has 5 heteroatoms. The number of hydrogen-bond acceptors (Lipinski definition) is 5. The maximum absolute atomic E-state index is 9.27. The Bertz CT molecular complexity index is 3780. The maximum Gasteiger partial charge on any atom is 0.164 e. The molecule has 2 aromatic heterocycles. The number of hydrogen-bond donors (Lipinski definition) is 0. The summed E-state index contributed by atoms with van der Waals surface area (Å²) >= 11 is 0. The molecule has 264 valence electrons. The van der Waals surface area contributed by atoms with E-state index in [2.05, 4.69) is 0 Å². The predicted molar refractivity (Wildman–Crippen MR) is 229 cm³/mol. The molecule has 5 nitrogen and oxygen atoms in total. The SMILES string of the molecule is [2H]c1c([2H])c([2H])c(N(c2c([2H])c([2H])c([2H])c([2H])c2[2H])c2c([2H])c([2H])c(-c3c([2H])c([2H])c(-c4ccc5c(c4)oc4cccc(-c6nc(-c7ccccc7)nc(-c7ccccc7)n6)c45)c([2H])c3[2H])c([2H])c2[2H])c([2H])c1[2H]. The molecular formula is C51H34N4O. The Balaban J connectivity index is 1.13. The fraction of sp³-hybridized carbons (Fsp3) is 0. The molecule has 0 radical (unpaired) electrons. The minimum absolute atomic E-state index is 0.191. The summed E-state index contributed by atoms with van der Waals surface area (Å²) in [6.07, 6.45) is 0. The fourth-order valence-electron chi connectivity index (χ4n) is 6.27. The average molecular weight is 737 g/mol. The van der Waals surface area contributed by atoms with Crippen LogP contribution in [0.25, 0.3) is 78.4 Å². The van der Waals surface area contributed by atoms with E-state index < -0.39 is 137 Å². The van der Waals surface area contributed by atoms with Crippen LogP contribution in [0, 0.1) is 0 Å². The summed E-state index contributed by atoms with van der Waals surface area (Å²) in [5.41, 5.74) is -1.05. The first-order valence-electron chi connectivity index (χ1n) is 26.2. The number of fused-ring (bicyclic) bond motifs is 3. The molecule has 0 N–H and O–H groups in total. The lowest BCUT2D eigenvalue weighted by Crippen LogP contribution is -2.09. The Hall–Kier alpha value is -7.63. The highest BCUT2D eigenvalue weighted by atomic mass is 16.3. The number of rotatable bonds is 8. The van der Waals surface area contributed by atoms with Crippen LogP contribution in [0.4, 0.5) is 17.1 Å². The highest BCUT2D eigenvalue weighted by molar-refractivity contribution is 6.12. The van der Waals surface area contributed by atoms with E-state index >= 15 is 0 Å². The second-order valence-corrected chi connectivity index (χ2v) is 12.3. The third-order valence-corrected chi connectivity index (χ3v) is 8.86. The Morgan fingerprint density at radius 3 is 1.46 bits per heavy atom. The monoisotopic (exact) mass is 736 g/mol. The lowest BCUT2D eigenvalue weighted by atomic mass is 9.98. The van der Waals surface area contributed by atoms with E-state index in [0.29, 0.717) is 49.9 Å². The molecule has 0 saturated heterocycles. The molecule has 0 aliphatic carbocycles. The van der Waals surface area contributed by atoms with Gasteiger partial charge in [0.25, 0.3) is 0 Å². The number of anilines is 3. The van der Waals surface area contributed by atoms with E-state index in [-0.39, 0.29) is 11.1 Å². The van der Waals surface area contributed by atoms with Gasteiger partial charge in [-0.25, -0.2) is 15.0 Å². The van der Waals surface area contributed by atoms with Gasteiger partial charge in [-0.05, 0) is 76.7 Å². The van der Waals surface area contributed by atoms with Gasteiger partial charge in [0, 0.05) is 44.5 Å². The van der Waals surface area contributed by atoms with Crippen molar-refractivity contribution in [2.45, 2.75) is 0 Å². The first kappa shape index (κ1) is 19.1. The standard InChI is InChI=1S/C51H34N4O/c1-5-14-38(15-6-1)49-52-50(39-16-7-2-8-17-39)54-51(53-49)45-22-13-23-46-48(45)44-33-30-40(34-47(44)56-46)37-26-24-35(25-27-37)36-28-31-43(32-29-36)55(41-18-9-3-10-19-41)42-20-11-4-12-21-42/h1-34H/i3D,4D,9D,10D,11D,12D,18D,19D,20D,21D,24D,25D,26D,27D,28D,29D,31D,32D. The van der Waals surface area contributed by atoms with Crippen molar-refractivity contribution in [2.24, 2.45) is 0 Å². The average Bonchev–Trinajstić information content (AvgIpc) is 3.79. The normalized spacial score (nSPS) is 15.7. The lowest BCUT2D eigenvalue weighted by Gasteiger charge is -2.25. The van der Waals surface area contributed by atoms with Crippen LogP contribution in [0.2, 0.25) is 0 Å². The van der Waals surface area contributed by atoms with Gasteiger partial charge in [-0.3, -0.25) is 0 Å². The molecular weight excluding hydrogens is 685 g/mol. The molecule has 0 spiro atoms. The lowest BCUT2D eigenvalue weighted by molar-refractivity contribution is 0.669. The van der Waals surface area contributed by atoms with E-state index in [9.17, 15) is 11.0 Å². The van der Waals surface area contributed by atoms with Crippen LogP contribution in [0.1, 0.15) is 24.7 Å². The van der Waals surface area contributed by atoms with Crippen molar-refractivity contribution < 1.29 is 29.1 Å². The zero-order valence-electron chi connectivity index (χ0n) is 46.9. The summed E-state index contributed by atoms with van der Waals surface area (Å²) in [5.74, 6) is 1.25. The van der Waals surface area contributed by atoms with E-state index in [0.717, 1.165) is 11.1 Å². The van der Waals surface area contributed by atoms with Crippen molar-refractivity contribution >= 4 is 39.0 Å².